The van der Waals surface area contributed by atoms with Crippen LogP contribution in [0.2, 0.25) is 0 Å². The highest BCUT2D eigenvalue weighted by atomic mass is 16.2. The number of para-hydroxylation sites is 1. The Labute approximate surface area is 245 Å². The van der Waals surface area contributed by atoms with Gasteiger partial charge in [0.2, 0.25) is 17.7 Å². The molecule has 42 heavy (non-hydrogen) atoms. The molecule has 0 unspecified atom stereocenters. The molecule has 1 fully saturated rings. The standard InChI is InChI=1S/C30H40N8O4/c1-6-15-31-17-26(39)38-21(2)29(41)36(19-25(38)33-30(42)32-16-22-11-8-7-9-12-22)18-23-13-10-14-24-28(23)37(35(24)5)20-27(40)34(3)4/h6-14,21,25,31H,1,15-20H2,2-5H3,(H2,32,33,42)/t21-,25+/m0/s1. The molecule has 0 bridgehead atoms. The van der Waals surface area contributed by atoms with Crippen LogP contribution in [0.4, 0.5) is 4.79 Å². The number of piperazine rings is 1. The topological polar surface area (TPSA) is 124 Å². The van der Waals surface area contributed by atoms with E-state index in [1.165, 1.54) is 4.90 Å². The van der Waals surface area contributed by atoms with E-state index in [0.717, 1.165) is 22.2 Å². The number of amides is 5. The first-order valence-corrected chi connectivity index (χ1v) is 14.0. The zero-order chi connectivity index (χ0) is 30.4. The molecule has 0 radical (unpaired) electrons. The highest BCUT2D eigenvalue weighted by molar-refractivity contribution is 5.91. The van der Waals surface area contributed by atoms with Crippen molar-refractivity contribution in [2.24, 2.45) is 7.05 Å². The Morgan fingerprint density at radius 1 is 1.10 bits per heavy atom. The molecular weight excluding hydrogens is 536 g/mol. The first kappa shape index (κ1) is 30.4. The summed E-state index contributed by atoms with van der Waals surface area (Å²) in [5, 5.41) is 8.75. The number of nitrogens with one attached hydrogen (secondary N) is 3. The fraction of sp³-hybridized carbons (Fsp3) is 0.400. The van der Waals surface area contributed by atoms with E-state index in [-0.39, 0.29) is 43.9 Å². The largest absolute Gasteiger partial charge is 0.347 e. The molecule has 12 nitrogen and oxygen atoms in total. The number of hydrogen-bond donors (Lipinski definition) is 3. The number of benzene rings is 2. The molecule has 0 aliphatic carbocycles. The van der Waals surface area contributed by atoms with Crippen LogP contribution in [-0.2, 0) is 41.1 Å². The van der Waals surface area contributed by atoms with Gasteiger partial charge in [0.15, 0.2) is 0 Å². The summed E-state index contributed by atoms with van der Waals surface area (Å²) >= 11 is 0. The smallest absolute Gasteiger partial charge is 0.316 e. The number of carbonyl (C=O) groups is 4. The first-order valence-electron chi connectivity index (χ1n) is 14.0. The number of nitrogens with zero attached hydrogens (tertiary/aromatic N) is 5. The van der Waals surface area contributed by atoms with Crippen LogP contribution >= 0.6 is 0 Å². The van der Waals surface area contributed by atoms with E-state index in [9.17, 15) is 19.2 Å². The number of aryl methyl sites for hydroxylation is 1. The molecule has 3 aromatic rings. The quantitative estimate of drug-likeness (QED) is 0.234. The Morgan fingerprint density at radius 2 is 1.83 bits per heavy atom. The van der Waals surface area contributed by atoms with Gasteiger partial charge in [-0.3, -0.25) is 23.7 Å². The highest BCUT2D eigenvalue weighted by Gasteiger charge is 2.41. The molecule has 1 aromatic heterocycles. The third kappa shape index (κ3) is 6.65. The van der Waals surface area contributed by atoms with Gasteiger partial charge in [0.05, 0.1) is 24.1 Å². The lowest BCUT2D eigenvalue weighted by atomic mass is 10.1. The molecule has 3 N–H and O–H groups in total. The summed E-state index contributed by atoms with van der Waals surface area (Å²) in [5.41, 5.74) is 3.65. The Hall–Kier alpha value is -4.58. The lowest BCUT2D eigenvalue weighted by molar-refractivity contribution is -0.155. The summed E-state index contributed by atoms with van der Waals surface area (Å²) < 4.78 is 3.80. The average molecular weight is 577 g/mol. The second-order valence-electron chi connectivity index (χ2n) is 10.6. The Balaban J connectivity index is 1.56. The summed E-state index contributed by atoms with van der Waals surface area (Å²) in [5.74, 6) is -0.574. The van der Waals surface area contributed by atoms with Crippen molar-refractivity contribution in [2.75, 3.05) is 33.7 Å². The van der Waals surface area contributed by atoms with Crippen molar-refractivity contribution >= 4 is 34.8 Å². The van der Waals surface area contributed by atoms with Crippen LogP contribution in [0.3, 0.4) is 0 Å². The van der Waals surface area contributed by atoms with Crippen molar-refractivity contribution in [2.45, 2.75) is 38.8 Å². The van der Waals surface area contributed by atoms with Gasteiger partial charge in [-0.15, -0.1) is 6.58 Å². The normalized spacial score (nSPS) is 16.9. The van der Waals surface area contributed by atoms with Gasteiger partial charge in [-0.05, 0) is 24.1 Å². The molecule has 2 aromatic carbocycles. The van der Waals surface area contributed by atoms with E-state index in [4.69, 9.17) is 0 Å². The van der Waals surface area contributed by atoms with Gasteiger partial charge >= 0.3 is 6.03 Å². The third-order valence-electron chi connectivity index (χ3n) is 7.47. The molecule has 1 aliphatic rings. The van der Waals surface area contributed by atoms with Crippen molar-refractivity contribution < 1.29 is 19.2 Å². The molecule has 2 atom stereocenters. The molecule has 2 heterocycles. The van der Waals surface area contributed by atoms with Crippen molar-refractivity contribution in [3.63, 3.8) is 0 Å². The Kier molecular flexibility index (Phi) is 9.68. The molecule has 0 saturated carbocycles. The maximum atomic E-state index is 13.6. The second-order valence-corrected chi connectivity index (χ2v) is 10.6. The van der Waals surface area contributed by atoms with E-state index < -0.39 is 18.2 Å². The van der Waals surface area contributed by atoms with Crippen LogP contribution in [0.5, 0.6) is 0 Å². The van der Waals surface area contributed by atoms with Crippen molar-refractivity contribution in [3.05, 3.63) is 72.3 Å². The van der Waals surface area contributed by atoms with Crippen molar-refractivity contribution in [1.82, 2.24) is 40.0 Å². The summed E-state index contributed by atoms with van der Waals surface area (Å²) in [7, 11) is 5.32. The molecule has 0 spiro atoms. The minimum atomic E-state index is -0.806. The molecule has 5 amide bonds. The second kappa shape index (κ2) is 13.4. The molecule has 224 valence electrons. The van der Waals surface area contributed by atoms with Gasteiger partial charge in [-0.2, -0.15) is 0 Å². The van der Waals surface area contributed by atoms with Crippen LogP contribution in [0.1, 0.15) is 18.1 Å². The number of likely N-dealkylation sites (N-methyl/N-ethyl adjacent to an activating group) is 1. The molecule has 1 aliphatic heterocycles. The van der Waals surface area contributed by atoms with E-state index in [1.807, 2.05) is 64.9 Å². The van der Waals surface area contributed by atoms with E-state index in [2.05, 4.69) is 22.5 Å². The van der Waals surface area contributed by atoms with E-state index in [0.29, 0.717) is 13.1 Å². The summed E-state index contributed by atoms with van der Waals surface area (Å²) in [4.78, 5) is 57.0. The van der Waals surface area contributed by atoms with Crippen LogP contribution in [0.15, 0.2) is 61.2 Å². The van der Waals surface area contributed by atoms with Gasteiger partial charge < -0.3 is 30.7 Å². The van der Waals surface area contributed by atoms with Crippen LogP contribution in [0, 0.1) is 0 Å². The van der Waals surface area contributed by atoms with Gasteiger partial charge in [-0.1, -0.05) is 48.5 Å². The van der Waals surface area contributed by atoms with E-state index in [1.54, 1.807) is 36.9 Å². The van der Waals surface area contributed by atoms with Crippen LogP contribution < -0.4 is 16.0 Å². The monoisotopic (exact) mass is 576 g/mol. The fourth-order valence-electron chi connectivity index (χ4n) is 5.20. The van der Waals surface area contributed by atoms with Gasteiger partial charge in [0.1, 0.15) is 18.8 Å². The van der Waals surface area contributed by atoms with Gasteiger partial charge in [0, 0.05) is 40.8 Å². The maximum Gasteiger partial charge on any atom is 0.316 e. The molecular formula is C30H40N8O4. The molecule has 12 heteroatoms. The predicted molar refractivity (Wildman–Crippen MR) is 160 cm³/mol. The lowest BCUT2D eigenvalue weighted by Gasteiger charge is -2.45. The number of fused-ring (bicyclic) bond motifs is 1. The summed E-state index contributed by atoms with van der Waals surface area (Å²) in [6.07, 6.45) is 0.893. The third-order valence-corrected chi connectivity index (χ3v) is 7.47. The number of aromatic nitrogens is 2. The zero-order valence-corrected chi connectivity index (χ0v) is 24.7. The average Bonchev–Trinajstić information content (AvgIpc) is 2.97. The summed E-state index contributed by atoms with van der Waals surface area (Å²) in [6.45, 7) is 6.62. The molecule has 4 rings (SSSR count). The van der Waals surface area contributed by atoms with Crippen LogP contribution in [-0.4, -0.2) is 93.8 Å². The summed E-state index contributed by atoms with van der Waals surface area (Å²) in [6, 6.07) is 14.1. The minimum Gasteiger partial charge on any atom is -0.347 e. The van der Waals surface area contributed by atoms with Crippen molar-refractivity contribution in [3.8, 4) is 0 Å². The van der Waals surface area contributed by atoms with Crippen LogP contribution in [0.25, 0.3) is 11.0 Å². The SMILES string of the molecule is C=CCNCC(=O)N1[C@@H](NC(=O)NCc2ccccc2)CN(Cc2cccc3c2n(CC(=O)N(C)C)n3C)C(=O)[C@@H]1C. The minimum absolute atomic E-state index is 0.000839. The van der Waals surface area contributed by atoms with Gasteiger partial charge in [0.25, 0.3) is 0 Å². The van der Waals surface area contributed by atoms with E-state index >= 15 is 0 Å². The number of rotatable bonds is 11. The highest BCUT2D eigenvalue weighted by Crippen LogP contribution is 2.26. The lowest BCUT2D eigenvalue weighted by Crippen LogP contribution is -2.68. The first-order chi connectivity index (χ1) is 20.1. The van der Waals surface area contributed by atoms with Crippen molar-refractivity contribution in [1.29, 1.82) is 0 Å². The number of carbonyl (C=O) groups excluding carboxylic acids is 4. The Bertz CT molecular complexity index is 1440. The zero-order valence-electron chi connectivity index (χ0n) is 24.7. The predicted octanol–water partition coefficient (Wildman–Crippen LogP) is 1.23. The Morgan fingerprint density at radius 3 is 2.52 bits per heavy atom. The van der Waals surface area contributed by atoms with Gasteiger partial charge in [-0.25, -0.2) is 4.79 Å². The maximum absolute atomic E-state index is 13.6. The molecule has 1 saturated heterocycles. The number of hydrogen-bond acceptors (Lipinski definition) is 5. The number of urea groups is 1. The fourth-order valence-corrected chi connectivity index (χ4v) is 5.20.